The zero-order valence-corrected chi connectivity index (χ0v) is 42.1. The van der Waals surface area contributed by atoms with E-state index in [9.17, 15) is 0 Å². The summed E-state index contributed by atoms with van der Waals surface area (Å²) >= 11 is 3.79. The van der Waals surface area contributed by atoms with Crippen LogP contribution in [0.15, 0.2) is 259 Å². The molecule has 0 amide bonds. The average molecular weight is 987 g/mol. The molecule has 0 unspecified atom stereocenters. The van der Waals surface area contributed by atoms with Crippen LogP contribution in [0.3, 0.4) is 0 Å². The normalized spacial score (nSPS) is 12.0. The number of fused-ring (bicyclic) bond motifs is 21. The Kier molecular flexibility index (Phi) is 9.44. The van der Waals surface area contributed by atoms with Gasteiger partial charge >= 0.3 is 0 Å². The molecule has 0 saturated carbocycles. The minimum Gasteiger partial charge on any atom is -0.456 e. The Labute approximate surface area is 439 Å². The van der Waals surface area contributed by atoms with Crippen molar-refractivity contribution in [1.82, 2.24) is 0 Å². The van der Waals surface area contributed by atoms with Gasteiger partial charge in [0.05, 0.1) is 0 Å². The van der Waals surface area contributed by atoms with Crippen molar-refractivity contribution >= 4 is 150 Å². The van der Waals surface area contributed by atoms with E-state index >= 15 is 0 Å². The van der Waals surface area contributed by atoms with Gasteiger partial charge in [-0.1, -0.05) is 206 Å². The molecule has 17 aromatic rings. The minimum atomic E-state index is 0.933. The number of thiophene rings is 2. The van der Waals surface area contributed by atoms with Gasteiger partial charge in [-0.15, -0.1) is 22.7 Å². The molecule has 0 bridgehead atoms. The van der Waals surface area contributed by atoms with Gasteiger partial charge in [0.25, 0.3) is 0 Å². The molecule has 0 spiro atoms. The van der Waals surface area contributed by atoms with E-state index in [0.29, 0.717) is 0 Å². The molecule has 348 valence electrons. The summed E-state index contributed by atoms with van der Waals surface area (Å²) in [5.74, 6) is 0. The van der Waals surface area contributed by atoms with E-state index in [0.717, 1.165) is 21.9 Å². The highest BCUT2D eigenvalue weighted by atomic mass is 32.1. The Hall–Kier alpha value is -9.12. The van der Waals surface area contributed by atoms with Crippen LogP contribution < -0.4 is 0 Å². The van der Waals surface area contributed by atoms with E-state index in [-0.39, 0.29) is 0 Å². The molecule has 3 heteroatoms. The monoisotopic (exact) mass is 986 g/mol. The van der Waals surface area contributed by atoms with Gasteiger partial charge in [0.15, 0.2) is 0 Å². The number of hydrogen-bond acceptors (Lipinski definition) is 3. The lowest BCUT2D eigenvalue weighted by Gasteiger charge is -2.14. The molecule has 14 aromatic carbocycles. The lowest BCUT2D eigenvalue weighted by Crippen LogP contribution is -1.87. The molecule has 0 radical (unpaired) electrons. The van der Waals surface area contributed by atoms with Crippen LogP contribution in [0.25, 0.3) is 160 Å². The van der Waals surface area contributed by atoms with Gasteiger partial charge in [0, 0.05) is 51.1 Å². The summed E-state index contributed by atoms with van der Waals surface area (Å²) < 4.78 is 11.4. The second-order valence-electron chi connectivity index (χ2n) is 19.8. The van der Waals surface area contributed by atoms with Crippen molar-refractivity contribution in [2.45, 2.75) is 0 Å². The van der Waals surface area contributed by atoms with Crippen LogP contribution in [0, 0.1) is 0 Å². The molecule has 0 saturated heterocycles. The molecule has 75 heavy (non-hydrogen) atoms. The predicted molar refractivity (Wildman–Crippen MR) is 327 cm³/mol. The summed E-state index contributed by atoms with van der Waals surface area (Å²) in [4.78, 5) is 0. The number of rotatable bonds is 3. The van der Waals surface area contributed by atoms with E-state index in [2.05, 4.69) is 243 Å². The average Bonchev–Trinajstić information content (AvgIpc) is 4.21. The van der Waals surface area contributed by atoms with E-state index < -0.39 is 0 Å². The smallest absolute Gasteiger partial charge is 0.135 e. The molecule has 0 aliphatic heterocycles. The summed E-state index contributed by atoms with van der Waals surface area (Å²) in [5, 5.41) is 23.3. The van der Waals surface area contributed by atoms with Crippen LogP contribution in [-0.2, 0) is 0 Å². The summed E-state index contributed by atoms with van der Waals surface area (Å²) in [6.07, 6.45) is 0. The Morgan fingerprint density at radius 2 is 0.520 bits per heavy atom. The summed E-state index contributed by atoms with van der Waals surface area (Å²) in [6, 6.07) is 93.2. The zero-order valence-electron chi connectivity index (χ0n) is 40.5. The van der Waals surface area contributed by atoms with Crippen LogP contribution in [0.2, 0.25) is 0 Å². The van der Waals surface area contributed by atoms with Gasteiger partial charge in [-0.2, -0.15) is 0 Å². The van der Waals surface area contributed by atoms with Crippen LogP contribution in [-0.4, -0.2) is 0 Å². The molecule has 0 fully saturated rings. The number of furan rings is 1. The van der Waals surface area contributed by atoms with Gasteiger partial charge < -0.3 is 4.42 Å². The summed E-state index contributed by atoms with van der Waals surface area (Å²) in [6.45, 7) is 0. The third-order valence-electron chi connectivity index (χ3n) is 15.7. The van der Waals surface area contributed by atoms with Crippen molar-refractivity contribution < 1.29 is 4.42 Å². The molecule has 0 aliphatic rings. The van der Waals surface area contributed by atoms with Crippen LogP contribution in [0.4, 0.5) is 0 Å². The molecular weight excluding hydrogens is 945 g/mol. The van der Waals surface area contributed by atoms with Crippen molar-refractivity contribution in [3.05, 3.63) is 255 Å². The first kappa shape index (κ1) is 42.4. The molecule has 0 aliphatic carbocycles. The summed E-state index contributed by atoms with van der Waals surface area (Å²) in [7, 11) is 0. The largest absolute Gasteiger partial charge is 0.456 e. The van der Waals surface area contributed by atoms with Crippen LogP contribution in [0.5, 0.6) is 0 Å². The first-order valence-corrected chi connectivity index (χ1v) is 27.3. The lowest BCUT2D eigenvalue weighted by molar-refractivity contribution is 0.669. The second kappa shape index (κ2) is 16.7. The van der Waals surface area contributed by atoms with Crippen LogP contribution in [0.1, 0.15) is 0 Å². The topological polar surface area (TPSA) is 13.1 Å². The second-order valence-corrected chi connectivity index (χ2v) is 21.9. The Balaban J connectivity index is 0.000000135. The van der Waals surface area contributed by atoms with Crippen molar-refractivity contribution in [3.63, 3.8) is 0 Å². The van der Waals surface area contributed by atoms with Crippen molar-refractivity contribution in [2.75, 3.05) is 0 Å². The first-order chi connectivity index (χ1) is 37.2. The van der Waals surface area contributed by atoms with Gasteiger partial charge in [0.1, 0.15) is 11.2 Å². The van der Waals surface area contributed by atoms with E-state index in [4.69, 9.17) is 4.42 Å². The van der Waals surface area contributed by atoms with Crippen molar-refractivity contribution in [3.8, 4) is 33.4 Å². The van der Waals surface area contributed by atoms with E-state index in [1.807, 2.05) is 34.8 Å². The van der Waals surface area contributed by atoms with Crippen molar-refractivity contribution in [1.29, 1.82) is 0 Å². The quantitative estimate of drug-likeness (QED) is 0.161. The van der Waals surface area contributed by atoms with E-state index in [1.54, 1.807) is 0 Å². The molecular formula is C72H42OS2. The number of benzene rings is 14. The Bertz CT molecular complexity index is 4960. The highest BCUT2D eigenvalue weighted by Gasteiger charge is 2.17. The fraction of sp³-hybridized carbons (Fsp3) is 0. The highest BCUT2D eigenvalue weighted by Crippen LogP contribution is 2.46. The maximum absolute atomic E-state index is 6.02. The SMILES string of the molecule is c1ccc2c(c1)oc1ccc(-c3ccc4c5ccccc5c5ccccc5c4c3)cc12.c1ccc2c(c1)sc1c(-c3ccc4c5ccc(-c6cccc7c6sc6ccccc67)cc5c5ccccc5c4c3)cccc12. The molecule has 1 nitrogen and oxygen atoms in total. The van der Waals surface area contributed by atoms with E-state index in [1.165, 1.54) is 138 Å². The minimum absolute atomic E-state index is 0.933. The first-order valence-electron chi connectivity index (χ1n) is 25.6. The van der Waals surface area contributed by atoms with Crippen LogP contribution >= 0.6 is 22.7 Å². The third-order valence-corrected chi connectivity index (χ3v) is 18.2. The zero-order chi connectivity index (χ0) is 49.1. The fourth-order valence-electron chi connectivity index (χ4n) is 12.2. The lowest BCUT2D eigenvalue weighted by atomic mass is 9.90. The standard InChI is InChI=1S/C42H24S2.C30H18O/c1-2-10-30-29(9-1)37-23-25(27-13-7-15-35-33-11-3-5-17-39(33)43-41(27)35)19-21-31(37)32-22-20-26(24-38(30)32)28-14-8-16-36-34-12-4-6-18-40(34)44-42(28)36;1-2-9-23-21(7-1)22-8-3-4-10-24(22)27-17-19(13-15-25(23)27)20-14-16-30-28(18-20)26-11-5-6-12-29(26)31-30/h1-24H;1-18H. The van der Waals surface area contributed by atoms with Gasteiger partial charge in [-0.05, 0) is 147 Å². The number of hydrogen-bond donors (Lipinski definition) is 0. The maximum Gasteiger partial charge on any atom is 0.135 e. The molecule has 0 N–H and O–H groups in total. The fourth-order valence-corrected chi connectivity index (χ4v) is 14.7. The predicted octanol–water partition coefficient (Wildman–Crippen LogP) is 21.9. The highest BCUT2D eigenvalue weighted by molar-refractivity contribution is 7.26. The molecule has 3 aromatic heterocycles. The Morgan fingerprint density at radius 1 is 0.200 bits per heavy atom. The Morgan fingerprint density at radius 3 is 1.00 bits per heavy atom. The summed E-state index contributed by atoms with van der Waals surface area (Å²) in [5.41, 5.74) is 9.45. The third kappa shape index (κ3) is 6.62. The number of para-hydroxylation sites is 1. The van der Waals surface area contributed by atoms with Gasteiger partial charge in [0.2, 0.25) is 0 Å². The van der Waals surface area contributed by atoms with Gasteiger partial charge in [-0.25, -0.2) is 0 Å². The molecule has 17 rings (SSSR count). The molecule has 0 atom stereocenters. The molecule has 3 heterocycles. The van der Waals surface area contributed by atoms with Crippen molar-refractivity contribution in [2.24, 2.45) is 0 Å². The van der Waals surface area contributed by atoms with Gasteiger partial charge in [-0.3, -0.25) is 0 Å². The maximum atomic E-state index is 6.02.